The highest BCUT2D eigenvalue weighted by molar-refractivity contribution is 7.91. The van der Waals surface area contributed by atoms with Crippen LogP contribution >= 0.6 is 0 Å². The molecule has 3 aromatic rings. The molecule has 0 aliphatic carbocycles. The topological polar surface area (TPSA) is 75.0 Å². The molecule has 3 rings (SSSR count). The van der Waals surface area contributed by atoms with E-state index in [-0.39, 0.29) is 5.75 Å². The number of carbonyl (C=O) groups excluding carboxylic acids is 1. The number of nitriles is 1. The van der Waals surface area contributed by atoms with Crippen molar-refractivity contribution in [3.8, 4) is 6.07 Å². The summed E-state index contributed by atoms with van der Waals surface area (Å²) in [7, 11) is -3.81. The molecule has 30 heavy (non-hydrogen) atoms. The number of hydrogen-bond acceptors (Lipinski definition) is 4. The molecule has 0 aliphatic rings. The molecule has 0 radical (unpaired) electrons. The second-order valence-corrected chi connectivity index (χ2v) is 8.91. The van der Waals surface area contributed by atoms with Crippen LogP contribution in [0.5, 0.6) is 0 Å². The Morgan fingerprint density at radius 1 is 0.833 bits per heavy atom. The molecular formula is C23H17F2NO3S. The van der Waals surface area contributed by atoms with E-state index in [0.29, 0.717) is 22.3 Å². The Balaban J connectivity index is 1.87. The molecule has 0 N–H and O–H groups in total. The monoisotopic (exact) mass is 425 g/mol. The fourth-order valence-electron chi connectivity index (χ4n) is 3.16. The van der Waals surface area contributed by atoms with Crippen LogP contribution in [0.15, 0.2) is 72.8 Å². The molecule has 0 spiro atoms. The SMILES string of the molecule is N#Cc1ccc(CS(=O)(=O)CC(=O)C(c2ccc(F)cc2)c2ccc(F)cc2)cc1. The van der Waals surface area contributed by atoms with E-state index in [1.807, 2.05) is 6.07 Å². The van der Waals surface area contributed by atoms with Gasteiger partial charge in [0.15, 0.2) is 15.6 Å². The van der Waals surface area contributed by atoms with Crippen LogP contribution in [0, 0.1) is 23.0 Å². The lowest BCUT2D eigenvalue weighted by atomic mass is 9.88. The maximum Gasteiger partial charge on any atom is 0.161 e. The van der Waals surface area contributed by atoms with Crippen molar-refractivity contribution in [3.05, 3.63) is 107 Å². The number of ketones is 1. The van der Waals surface area contributed by atoms with E-state index in [0.717, 1.165) is 0 Å². The van der Waals surface area contributed by atoms with Crippen LogP contribution in [0.2, 0.25) is 0 Å². The summed E-state index contributed by atoms with van der Waals surface area (Å²) >= 11 is 0. The summed E-state index contributed by atoms with van der Waals surface area (Å²) in [5.74, 6) is -3.63. The smallest absolute Gasteiger partial charge is 0.161 e. The van der Waals surface area contributed by atoms with Crippen molar-refractivity contribution in [2.75, 3.05) is 5.75 Å². The Hall–Kier alpha value is -3.37. The first-order valence-electron chi connectivity index (χ1n) is 9.00. The average molecular weight is 425 g/mol. The summed E-state index contributed by atoms with van der Waals surface area (Å²) in [4.78, 5) is 13.0. The zero-order valence-corrected chi connectivity index (χ0v) is 16.6. The van der Waals surface area contributed by atoms with Gasteiger partial charge in [-0.15, -0.1) is 0 Å². The van der Waals surface area contributed by atoms with Crippen LogP contribution in [0.4, 0.5) is 8.78 Å². The van der Waals surface area contributed by atoms with E-state index >= 15 is 0 Å². The molecule has 7 heteroatoms. The van der Waals surface area contributed by atoms with Crippen LogP contribution in [-0.4, -0.2) is 20.0 Å². The van der Waals surface area contributed by atoms with Crippen molar-refractivity contribution in [2.24, 2.45) is 0 Å². The average Bonchev–Trinajstić information content (AvgIpc) is 2.71. The molecule has 0 heterocycles. The number of rotatable bonds is 7. The zero-order chi connectivity index (χ0) is 21.7. The number of sulfone groups is 1. The molecule has 0 saturated heterocycles. The molecule has 0 aromatic heterocycles. The van der Waals surface area contributed by atoms with Crippen molar-refractivity contribution < 1.29 is 22.0 Å². The van der Waals surface area contributed by atoms with Gasteiger partial charge in [0, 0.05) is 0 Å². The Labute approximate surface area is 173 Å². The lowest BCUT2D eigenvalue weighted by molar-refractivity contribution is -0.117. The quantitative estimate of drug-likeness (QED) is 0.570. The fraction of sp³-hybridized carbons (Fsp3) is 0.130. The molecule has 4 nitrogen and oxygen atoms in total. The minimum Gasteiger partial charge on any atom is -0.297 e. The largest absolute Gasteiger partial charge is 0.297 e. The van der Waals surface area contributed by atoms with E-state index in [4.69, 9.17) is 5.26 Å². The van der Waals surface area contributed by atoms with E-state index in [1.54, 1.807) is 0 Å². The molecule has 3 aromatic carbocycles. The van der Waals surface area contributed by atoms with Crippen molar-refractivity contribution in [2.45, 2.75) is 11.7 Å². The molecule has 0 unspecified atom stereocenters. The Morgan fingerprint density at radius 2 is 1.30 bits per heavy atom. The van der Waals surface area contributed by atoms with E-state index in [9.17, 15) is 22.0 Å². The van der Waals surface area contributed by atoms with Crippen molar-refractivity contribution in [3.63, 3.8) is 0 Å². The lowest BCUT2D eigenvalue weighted by Gasteiger charge is -2.17. The normalized spacial score (nSPS) is 11.3. The van der Waals surface area contributed by atoms with Gasteiger partial charge in [-0.2, -0.15) is 5.26 Å². The Kier molecular flexibility index (Phi) is 6.38. The van der Waals surface area contributed by atoms with Gasteiger partial charge in [0.2, 0.25) is 0 Å². The van der Waals surface area contributed by atoms with Gasteiger partial charge in [-0.3, -0.25) is 4.79 Å². The highest BCUT2D eigenvalue weighted by atomic mass is 32.2. The Bertz CT molecular complexity index is 1140. The molecule has 0 amide bonds. The van der Waals surface area contributed by atoms with Crippen LogP contribution in [0.1, 0.15) is 28.2 Å². The van der Waals surface area contributed by atoms with Gasteiger partial charge in [0.25, 0.3) is 0 Å². The number of benzene rings is 3. The predicted molar refractivity (Wildman–Crippen MR) is 108 cm³/mol. The molecular weight excluding hydrogens is 408 g/mol. The predicted octanol–water partition coefficient (Wildman–Crippen LogP) is 4.15. The minimum atomic E-state index is -3.81. The number of Topliss-reactive ketones (excluding diaryl/α,β-unsaturated/α-hetero) is 1. The van der Waals surface area contributed by atoms with Gasteiger partial charge < -0.3 is 0 Å². The van der Waals surface area contributed by atoms with Gasteiger partial charge in [0.05, 0.1) is 23.3 Å². The number of halogens is 2. The number of carbonyl (C=O) groups is 1. The minimum absolute atomic E-state index is 0.357. The van der Waals surface area contributed by atoms with Crippen molar-refractivity contribution in [1.82, 2.24) is 0 Å². The first kappa shape index (κ1) is 21.3. The molecule has 152 valence electrons. The number of hydrogen-bond donors (Lipinski definition) is 0. The summed E-state index contributed by atoms with van der Waals surface area (Å²) in [6.45, 7) is 0. The maximum atomic E-state index is 13.3. The van der Waals surface area contributed by atoms with Crippen molar-refractivity contribution >= 4 is 15.6 Å². The standard InChI is InChI=1S/C23H17F2NO3S/c24-20-9-5-18(6-10-20)23(19-7-11-21(25)12-8-19)22(27)15-30(28,29)14-17-3-1-16(13-26)2-4-17/h1-12,23H,14-15H2. The zero-order valence-electron chi connectivity index (χ0n) is 15.8. The van der Waals surface area contributed by atoms with E-state index < -0.39 is 38.9 Å². The summed E-state index contributed by atoms with van der Waals surface area (Å²) < 4.78 is 51.9. The fourth-order valence-corrected chi connectivity index (χ4v) is 4.56. The molecule has 0 bridgehead atoms. The highest BCUT2D eigenvalue weighted by Crippen LogP contribution is 2.27. The third-order valence-electron chi connectivity index (χ3n) is 4.56. The van der Waals surface area contributed by atoms with Gasteiger partial charge in [-0.25, -0.2) is 17.2 Å². The number of nitrogens with zero attached hydrogens (tertiary/aromatic N) is 1. The Morgan fingerprint density at radius 3 is 1.73 bits per heavy atom. The van der Waals surface area contributed by atoms with Gasteiger partial charge >= 0.3 is 0 Å². The summed E-state index contributed by atoms with van der Waals surface area (Å²) in [6.07, 6.45) is 0. The second-order valence-electron chi connectivity index (χ2n) is 6.84. The maximum absolute atomic E-state index is 13.3. The molecule has 0 aliphatic heterocycles. The summed E-state index contributed by atoms with van der Waals surface area (Å²) in [5.41, 5.74) is 1.70. The van der Waals surface area contributed by atoms with Crippen LogP contribution in [0.25, 0.3) is 0 Å². The first-order valence-corrected chi connectivity index (χ1v) is 10.8. The highest BCUT2D eigenvalue weighted by Gasteiger charge is 2.27. The van der Waals surface area contributed by atoms with Gasteiger partial charge in [0.1, 0.15) is 17.4 Å². The summed E-state index contributed by atoms with van der Waals surface area (Å²) in [5, 5.41) is 8.83. The van der Waals surface area contributed by atoms with Crippen LogP contribution < -0.4 is 0 Å². The molecule has 0 saturated carbocycles. The second kappa shape index (κ2) is 8.97. The van der Waals surface area contributed by atoms with E-state index in [1.165, 1.54) is 72.8 Å². The van der Waals surface area contributed by atoms with Gasteiger partial charge in [-0.05, 0) is 53.1 Å². The third kappa shape index (κ3) is 5.37. The first-order chi connectivity index (χ1) is 14.3. The van der Waals surface area contributed by atoms with E-state index in [2.05, 4.69) is 0 Å². The van der Waals surface area contributed by atoms with Crippen LogP contribution in [-0.2, 0) is 20.4 Å². The van der Waals surface area contributed by atoms with Gasteiger partial charge in [-0.1, -0.05) is 36.4 Å². The third-order valence-corrected chi connectivity index (χ3v) is 6.06. The summed E-state index contributed by atoms with van der Waals surface area (Å²) in [6, 6.07) is 18.4. The van der Waals surface area contributed by atoms with Crippen molar-refractivity contribution in [1.29, 1.82) is 5.26 Å². The molecule has 0 fully saturated rings. The van der Waals surface area contributed by atoms with Crippen LogP contribution in [0.3, 0.4) is 0 Å². The lowest BCUT2D eigenvalue weighted by Crippen LogP contribution is -2.24. The molecule has 0 atom stereocenters.